The second kappa shape index (κ2) is 6.17. The minimum atomic E-state index is -1.35. The van der Waals surface area contributed by atoms with Crippen LogP contribution < -0.4 is 5.32 Å². The van der Waals surface area contributed by atoms with Gasteiger partial charge in [-0.25, -0.2) is 4.79 Å². The number of aliphatic hydroxyl groups excluding tert-OH is 1. The predicted octanol–water partition coefficient (Wildman–Crippen LogP) is 1.67. The van der Waals surface area contributed by atoms with Crippen molar-refractivity contribution in [2.45, 2.75) is 19.1 Å². The average Bonchev–Trinajstić information content (AvgIpc) is 2.28. The Morgan fingerprint density at radius 1 is 1.44 bits per heavy atom. The molecule has 2 unspecified atom stereocenters. The first-order chi connectivity index (χ1) is 8.32. The van der Waals surface area contributed by atoms with Gasteiger partial charge < -0.3 is 15.5 Å². The van der Waals surface area contributed by atoms with Gasteiger partial charge in [-0.2, -0.15) is 0 Å². The van der Waals surface area contributed by atoms with Crippen LogP contribution in [0.5, 0.6) is 0 Å². The Bertz CT molecular complexity index is 478. The van der Waals surface area contributed by atoms with Gasteiger partial charge in [-0.3, -0.25) is 4.79 Å². The van der Waals surface area contributed by atoms with Gasteiger partial charge in [0.25, 0.3) is 5.91 Å². The van der Waals surface area contributed by atoms with Crippen LogP contribution in [0.2, 0.25) is 5.02 Å². The third-order valence-corrected chi connectivity index (χ3v) is 3.43. The number of carboxylic acid groups (broad SMARTS) is 1. The van der Waals surface area contributed by atoms with Gasteiger partial charge in [0, 0.05) is 10.0 Å². The van der Waals surface area contributed by atoms with Gasteiger partial charge >= 0.3 is 5.97 Å². The molecule has 1 rings (SSSR count). The van der Waals surface area contributed by atoms with Crippen LogP contribution in [0, 0.1) is 0 Å². The Balaban J connectivity index is 2.87. The molecule has 3 N–H and O–H groups in total. The highest BCUT2D eigenvalue weighted by Gasteiger charge is 2.25. The molecule has 2 atom stereocenters. The molecule has 0 radical (unpaired) electrons. The van der Waals surface area contributed by atoms with Gasteiger partial charge in [-0.1, -0.05) is 11.6 Å². The maximum absolute atomic E-state index is 11.8. The number of aliphatic carboxylic acids is 1. The molecule has 0 aliphatic rings. The summed E-state index contributed by atoms with van der Waals surface area (Å²) in [5.41, 5.74) is 0.248. The van der Waals surface area contributed by atoms with E-state index in [1.165, 1.54) is 25.1 Å². The third kappa shape index (κ3) is 3.69. The molecule has 0 spiro atoms. The van der Waals surface area contributed by atoms with E-state index in [0.29, 0.717) is 9.50 Å². The van der Waals surface area contributed by atoms with Gasteiger partial charge in [0.2, 0.25) is 0 Å². The summed E-state index contributed by atoms with van der Waals surface area (Å²) in [6, 6.07) is 3.09. The van der Waals surface area contributed by atoms with Crippen molar-refractivity contribution in [2.75, 3.05) is 0 Å². The topological polar surface area (TPSA) is 86.6 Å². The van der Waals surface area contributed by atoms with Crippen molar-refractivity contribution in [1.82, 2.24) is 5.32 Å². The Kier molecular flexibility index (Phi) is 5.13. The van der Waals surface area contributed by atoms with Crippen LogP contribution in [-0.4, -0.2) is 34.2 Å². The molecule has 1 amide bonds. The number of benzene rings is 1. The third-order valence-electron chi connectivity index (χ3n) is 2.22. The van der Waals surface area contributed by atoms with Crippen LogP contribution in [0.1, 0.15) is 17.3 Å². The molecular weight excluding hydrogens is 325 g/mol. The van der Waals surface area contributed by atoms with Crippen molar-refractivity contribution in [3.8, 4) is 0 Å². The molecule has 0 saturated carbocycles. The van der Waals surface area contributed by atoms with Crippen LogP contribution in [0.4, 0.5) is 0 Å². The first kappa shape index (κ1) is 14.9. The minimum absolute atomic E-state index is 0.248. The fourth-order valence-electron chi connectivity index (χ4n) is 1.25. The van der Waals surface area contributed by atoms with Crippen molar-refractivity contribution in [3.63, 3.8) is 0 Å². The highest BCUT2D eigenvalue weighted by molar-refractivity contribution is 9.10. The van der Waals surface area contributed by atoms with Crippen LogP contribution in [0.3, 0.4) is 0 Å². The SMILES string of the molecule is CC(O)C(NC(=O)c1ccc(Cl)c(Br)c1)C(=O)O. The molecule has 5 nitrogen and oxygen atoms in total. The van der Waals surface area contributed by atoms with Crippen molar-refractivity contribution in [1.29, 1.82) is 0 Å². The molecule has 0 fully saturated rings. The average molecular weight is 337 g/mol. The number of hydrogen-bond acceptors (Lipinski definition) is 3. The van der Waals surface area contributed by atoms with Gasteiger partial charge in [-0.05, 0) is 41.1 Å². The van der Waals surface area contributed by atoms with Gasteiger partial charge in [0.05, 0.1) is 11.1 Å². The lowest BCUT2D eigenvalue weighted by Gasteiger charge is -2.17. The summed E-state index contributed by atoms with van der Waals surface area (Å²) in [5.74, 6) is -1.90. The Labute approximate surface area is 117 Å². The molecule has 0 bridgehead atoms. The number of aliphatic hydroxyl groups is 1. The lowest BCUT2D eigenvalue weighted by molar-refractivity contribution is -0.141. The summed E-state index contributed by atoms with van der Waals surface area (Å²) in [7, 11) is 0. The first-order valence-electron chi connectivity index (χ1n) is 4.99. The molecule has 0 heterocycles. The standard InChI is InChI=1S/C11H11BrClNO4/c1-5(15)9(11(17)18)14-10(16)6-2-3-8(13)7(12)4-6/h2-5,9,15H,1H3,(H,14,16)(H,17,18). The van der Waals surface area contributed by atoms with Gasteiger partial charge in [-0.15, -0.1) is 0 Å². The molecule has 0 saturated heterocycles. The van der Waals surface area contributed by atoms with E-state index in [-0.39, 0.29) is 5.56 Å². The van der Waals surface area contributed by atoms with Crippen LogP contribution in [0.25, 0.3) is 0 Å². The Morgan fingerprint density at radius 3 is 2.50 bits per heavy atom. The van der Waals surface area contributed by atoms with Gasteiger partial charge in [0.1, 0.15) is 0 Å². The van der Waals surface area contributed by atoms with E-state index in [0.717, 1.165) is 0 Å². The zero-order valence-corrected chi connectivity index (χ0v) is 11.7. The maximum Gasteiger partial charge on any atom is 0.328 e. The largest absolute Gasteiger partial charge is 0.480 e. The van der Waals surface area contributed by atoms with E-state index in [1.54, 1.807) is 0 Å². The lowest BCUT2D eigenvalue weighted by atomic mass is 10.1. The number of hydrogen-bond donors (Lipinski definition) is 3. The lowest BCUT2D eigenvalue weighted by Crippen LogP contribution is -2.47. The number of halogens is 2. The zero-order chi connectivity index (χ0) is 13.9. The number of nitrogens with one attached hydrogen (secondary N) is 1. The van der Waals surface area contributed by atoms with E-state index in [1.807, 2.05) is 0 Å². The number of carboxylic acids is 1. The molecule has 0 aromatic heterocycles. The summed E-state index contributed by atoms with van der Waals surface area (Å²) in [6.07, 6.45) is -1.19. The fourth-order valence-corrected chi connectivity index (χ4v) is 1.75. The van der Waals surface area contributed by atoms with Gasteiger partial charge in [0.15, 0.2) is 6.04 Å². The van der Waals surface area contributed by atoms with Crippen molar-refractivity contribution in [3.05, 3.63) is 33.3 Å². The van der Waals surface area contributed by atoms with Crippen molar-refractivity contribution in [2.24, 2.45) is 0 Å². The van der Waals surface area contributed by atoms with E-state index in [4.69, 9.17) is 16.7 Å². The predicted molar refractivity (Wildman–Crippen MR) is 69.7 cm³/mol. The molecule has 0 aliphatic heterocycles. The summed E-state index contributed by atoms with van der Waals surface area (Å²) in [4.78, 5) is 22.6. The fraction of sp³-hybridized carbons (Fsp3) is 0.273. The van der Waals surface area contributed by atoms with Crippen LogP contribution >= 0.6 is 27.5 Å². The van der Waals surface area contributed by atoms with Crippen LogP contribution in [0.15, 0.2) is 22.7 Å². The maximum atomic E-state index is 11.8. The number of amides is 1. The van der Waals surface area contributed by atoms with Crippen LogP contribution in [-0.2, 0) is 4.79 Å². The second-order valence-electron chi connectivity index (χ2n) is 3.66. The number of carbonyl (C=O) groups excluding carboxylic acids is 1. The van der Waals surface area contributed by atoms with Crippen molar-refractivity contribution >= 4 is 39.4 Å². The minimum Gasteiger partial charge on any atom is -0.480 e. The molecule has 98 valence electrons. The molecular formula is C11H11BrClNO4. The molecule has 0 aliphatic carbocycles. The van der Waals surface area contributed by atoms with E-state index in [9.17, 15) is 14.7 Å². The molecule has 7 heteroatoms. The van der Waals surface area contributed by atoms with E-state index >= 15 is 0 Å². The highest BCUT2D eigenvalue weighted by Crippen LogP contribution is 2.23. The van der Waals surface area contributed by atoms with Crippen molar-refractivity contribution < 1.29 is 19.8 Å². The van der Waals surface area contributed by atoms with E-state index < -0.39 is 24.0 Å². The highest BCUT2D eigenvalue weighted by atomic mass is 79.9. The Morgan fingerprint density at radius 2 is 2.06 bits per heavy atom. The number of rotatable bonds is 4. The molecule has 18 heavy (non-hydrogen) atoms. The summed E-state index contributed by atoms with van der Waals surface area (Å²) in [5, 5.41) is 20.8. The zero-order valence-electron chi connectivity index (χ0n) is 9.35. The smallest absolute Gasteiger partial charge is 0.328 e. The summed E-state index contributed by atoms with van der Waals surface area (Å²) in [6.45, 7) is 1.29. The second-order valence-corrected chi connectivity index (χ2v) is 4.92. The van der Waals surface area contributed by atoms with E-state index in [2.05, 4.69) is 21.2 Å². The normalized spacial score (nSPS) is 13.8. The Hall–Kier alpha value is -1.11. The molecule has 1 aromatic rings. The monoisotopic (exact) mass is 335 g/mol. The summed E-state index contributed by atoms with van der Waals surface area (Å²) >= 11 is 8.94. The quantitative estimate of drug-likeness (QED) is 0.780. The molecule has 1 aromatic carbocycles. The summed E-state index contributed by atoms with van der Waals surface area (Å²) < 4.78 is 0.528. The number of carbonyl (C=O) groups is 2. The first-order valence-corrected chi connectivity index (χ1v) is 6.17.